The lowest BCUT2D eigenvalue weighted by Crippen LogP contribution is -2.52. The molecule has 2 aliphatic rings. The minimum atomic E-state index is -0.628. The van der Waals surface area contributed by atoms with Gasteiger partial charge in [0.2, 0.25) is 11.8 Å². The molecule has 2 aliphatic heterocycles. The first kappa shape index (κ1) is 21.5. The van der Waals surface area contributed by atoms with Crippen molar-refractivity contribution in [3.05, 3.63) is 50.2 Å². The molecule has 0 radical (unpaired) electrons. The number of piperidine rings is 1. The first-order valence-electron chi connectivity index (χ1n) is 9.95. The Morgan fingerprint density at radius 1 is 1.32 bits per heavy atom. The van der Waals surface area contributed by atoms with Gasteiger partial charge in [-0.25, -0.2) is 0 Å². The average molecular weight is 461 g/mol. The first-order valence-corrected chi connectivity index (χ1v) is 11.2. The van der Waals surface area contributed by atoms with E-state index in [0.717, 1.165) is 16.0 Å². The van der Waals surface area contributed by atoms with Crippen LogP contribution in [0.3, 0.4) is 0 Å². The Kier molecular flexibility index (Phi) is 6.11. The Morgan fingerprint density at radius 2 is 2.13 bits per heavy atom. The van der Waals surface area contributed by atoms with Gasteiger partial charge < -0.3 is 9.64 Å². The van der Waals surface area contributed by atoms with E-state index in [1.165, 1.54) is 23.3 Å². The summed E-state index contributed by atoms with van der Waals surface area (Å²) in [6.45, 7) is 0.335. The molecule has 0 spiro atoms. The van der Waals surface area contributed by atoms with E-state index in [4.69, 9.17) is 16.3 Å². The van der Waals surface area contributed by atoms with Gasteiger partial charge in [-0.15, -0.1) is 11.3 Å². The van der Waals surface area contributed by atoms with Crippen LogP contribution in [0.5, 0.6) is 5.75 Å². The number of nitrogens with one attached hydrogen (secondary N) is 1. The van der Waals surface area contributed by atoms with Gasteiger partial charge >= 0.3 is 0 Å². The SMILES string of the molecule is COc1ccc(CC(=O)CCc2scc3c2CN(C2CCC(=O)NC2=O)C3=O)cc1Cl. The number of methoxy groups -OCH3 is 1. The number of imide groups is 1. The summed E-state index contributed by atoms with van der Waals surface area (Å²) in [6, 6.07) is 4.67. The third-order valence-electron chi connectivity index (χ3n) is 5.64. The minimum absolute atomic E-state index is 0.0785. The molecule has 1 N–H and O–H groups in total. The van der Waals surface area contributed by atoms with Crippen molar-refractivity contribution in [1.29, 1.82) is 0 Å². The summed E-state index contributed by atoms with van der Waals surface area (Å²) in [5.74, 6) is -0.272. The van der Waals surface area contributed by atoms with Gasteiger partial charge in [-0.3, -0.25) is 24.5 Å². The van der Waals surface area contributed by atoms with E-state index >= 15 is 0 Å². The fraction of sp³-hybridized carbons (Fsp3) is 0.364. The quantitative estimate of drug-likeness (QED) is 0.641. The number of carbonyl (C=O) groups excluding carboxylic acids is 4. The summed E-state index contributed by atoms with van der Waals surface area (Å²) in [5, 5.41) is 4.57. The van der Waals surface area contributed by atoms with Gasteiger partial charge in [0.15, 0.2) is 0 Å². The molecule has 7 nitrogen and oxygen atoms in total. The minimum Gasteiger partial charge on any atom is -0.495 e. The lowest BCUT2D eigenvalue weighted by Gasteiger charge is -2.29. The molecule has 1 atom stereocenters. The Bertz CT molecular complexity index is 1080. The van der Waals surface area contributed by atoms with Crippen molar-refractivity contribution in [2.75, 3.05) is 7.11 Å². The number of benzene rings is 1. The fourth-order valence-corrected chi connectivity index (χ4v) is 5.32. The van der Waals surface area contributed by atoms with E-state index in [0.29, 0.717) is 42.1 Å². The molecule has 1 aromatic carbocycles. The molecule has 31 heavy (non-hydrogen) atoms. The highest BCUT2D eigenvalue weighted by molar-refractivity contribution is 7.10. The highest BCUT2D eigenvalue weighted by Crippen LogP contribution is 2.34. The zero-order valence-corrected chi connectivity index (χ0v) is 18.5. The van der Waals surface area contributed by atoms with Crippen LogP contribution in [-0.4, -0.2) is 41.6 Å². The van der Waals surface area contributed by atoms with E-state index in [1.54, 1.807) is 17.5 Å². The number of aryl methyl sites for hydroxylation is 1. The molecule has 0 saturated carbocycles. The number of Topliss-reactive ketones (excluding diaryl/α,β-unsaturated/α-hetero) is 1. The van der Waals surface area contributed by atoms with E-state index in [9.17, 15) is 19.2 Å². The molecule has 1 aromatic heterocycles. The molecule has 0 aliphatic carbocycles. The zero-order chi connectivity index (χ0) is 22.1. The molecule has 1 fully saturated rings. The number of rotatable bonds is 7. The highest BCUT2D eigenvalue weighted by atomic mass is 35.5. The molecule has 1 saturated heterocycles. The summed E-state index contributed by atoms with van der Waals surface area (Å²) >= 11 is 7.60. The van der Waals surface area contributed by atoms with Crippen molar-refractivity contribution in [2.24, 2.45) is 0 Å². The third kappa shape index (κ3) is 4.36. The summed E-state index contributed by atoms with van der Waals surface area (Å²) < 4.78 is 5.13. The number of ether oxygens (including phenoxy) is 1. The Hall–Kier alpha value is -2.71. The van der Waals surface area contributed by atoms with Crippen LogP contribution in [-0.2, 0) is 33.8 Å². The first-order chi connectivity index (χ1) is 14.9. The van der Waals surface area contributed by atoms with Gasteiger partial charge in [0.05, 0.1) is 17.7 Å². The highest BCUT2D eigenvalue weighted by Gasteiger charge is 2.40. The zero-order valence-electron chi connectivity index (χ0n) is 16.9. The molecular weight excluding hydrogens is 440 g/mol. The standard InChI is InChI=1S/C22H21ClN2O5S/c1-30-18-5-2-12(9-16(18)23)8-13(26)3-6-19-14-10-25(22(29)15(14)11-31-19)17-4-7-20(27)24-21(17)28/h2,5,9,11,17H,3-4,6-8,10H2,1H3,(H,24,27,28). The van der Waals surface area contributed by atoms with Crippen LogP contribution in [0.2, 0.25) is 5.02 Å². The second-order valence-electron chi connectivity index (χ2n) is 7.64. The van der Waals surface area contributed by atoms with Gasteiger partial charge in [0.25, 0.3) is 5.91 Å². The average Bonchev–Trinajstić information content (AvgIpc) is 3.27. The maximum Gasteiger partial charge on any atom is 0.256 e. The summed E-state index contributed by atoms with van der Waals surface area (Å²) in [7, 11) is 1.54. The van der Waals surface area contributed by atoms with E-state index in [2.05, 4.69) is 5.32 Å². The predicted molar refractivity (Wildman–Crippen MR) is 115 cm³/mol. The van der Waals surface area contributed by atoms with Crippen LogP contribution in [0.25, 0.3) is 0 Å². The van der Waals surface area contributed by atoms with Crippen molar-refractivity contribution in [2.45, 2.75) is 44.7 Å². The number of hydrogen-bond acceptors (Lipinski definition) is 6. The number of hydrogen-bond donors (Lipinski definition) is 1. The Labute approximate surface area is 188 Å². The topological polar surface area (TPSA) is 92.8 Å². The number of ketones is 1. The monoisotopic (exact) mass is 460 g/mol. The normalized spacial score (nSPS) is 18.2. The lowest BCUT2D eigenvalue weighted by molar-refractivity contribution is -0.137. The third-order valence-corrected chi connectivity index (χ3v) is 7.02. The Morgan fingerprint density at radius 3 is 2.84 bits per heavy atom. The van der Waals surface area contributed by atoms with Gasteiger partial charge in [0.1, 0.15) is 17.6 Å². The van der Waals surface area contributed by atoms with Crippen LogP contribution >= 0.6 is 22.9 Å². The summed E-state index contributed by atoms with van der Waals surface area (Å²) in [6.07, 6.45) is 1.73. The number of nitrogens with zero attached hydrogens (tertiary/aromatic N) is 1. The molecule has 0 bridgehead atoms. The van der Waals surface area contributed by atoms with Gasteiger partial charge in [-0.2, -0.15) is 0 Å². The van der Waals surface area contributed by atoms with Crippen LogP contribution in [0.1, 0.15) is 45.6 Å². The lowest BCUT2D eigenvalue weighted by atomic mass is 10.0. The fourth-order valence-electron chi connectivity index (χ4n) is 4.00. The van der Waals surface area contributed by atoms with Crippen LogP contribution < -0.4 is 10.1 Å². The molecule has 3 amide bonds. The number of carbonyl (C=O) groups is 4. The van der Waals surface area contributed by atoms with Gasteiger partial charge in [-0.05, 0) is 36.1 Å². The van der Waals surface area contributed by atoms with Crippen LogP contribution in [0, 0.1) is 0 Å². The second-order valence-corrected chi connectivity index (χ2v) is 9.01. The molecule has 3 heterocycles. The number of fused-ring (bicyclic) bond motifs is 1. The molecule has 9 heteroatoms. The van der Waals surface area contributed by atoms with Crippen LogP contribution in [0.4, 0.5) is 0 Å². The smallest absolute Gasteiger partial charge is 0.256 e. The van der Waals surface area contributed by atoms with Crippen LogP contribution in [0.15, 0.2) is 23.6 Å². The number of halogens is 1. The summed E-state index contributed by atoms with van der Waals surface area (Å²) in [4.78, 5) is 51.3. The van der Waals surface area contributed by atoms with Gasteiger partial charge in [0, 0.05) is 36.1 Å². The Balaban J connectivity index is 1.38. The molecule has 2 aromatic rings. The maximum absolute atomic E-state index is 12.8. The molecule has 4 rings (SSSR count). The van der Waals surface area contributed by atoms with Crippen molar-refractivity contribution < 1.29 is 23.9 Å². The van der Waals surface area contributed by atoms with E-state index in [-0.39, 0.29) is 30.4 Å². The van der Waals surface area contributed by atoms with Gasteiger partial charge in [-0.1, -0.05) is 17.7 Å². The predicted octanol–water partition coefficient (Wildman–Crippen LogP) is 2.92. The second kappa shape index (κ2) is 8.80. The van der Waals surface area contributed by atoms with E-state index < -0.39 is 11.9 Å². The summed E-state index contributed by atoms with van der Waals surface area (Å²) in [5.41, 5.74) is 2.31. The number of amides is 3. The maximum atomic E-state index is 12.8. The van der Waals surface area contributed by atoms with Crippen molar-refractivity contribution in [1.82, 2.24) is 10.2 Å². The molecule has 1 unspecified atom stereocenters. The van der Waals surface area contributed by atoms with Crippen molar-refractivity contribution >= 4 is 46.4 Å². The van der Waals surface area contributed by atoms with E-state index in [1.807, 2.05) is 6.07 Å². The molecule has 162 valence electrons. The largest absolute Gasteiger partial charge is 0.495 e. The molecular formula is C22H21ClN2O5S. The number of thiophene rings is 1. The van der Waals surface area contributed by atoms with Crippen molar-refractivity contribution in [3.63, 3.8) is 0 Å². The van der Waals surface area contributed by atoms with Crippen molar-refractivity contribution in [3.8, 4) is 5.75 Å².